The van der Waals surface area contributed by atoms with Gasteiger partial charge in [0, 0.05) is 5.38 Å². The molecule has 0 aliphatic heterocycles. The Kier molecular flexibility index (Phi) is 4.29. The summed E-state index contributed by atoms with van der Waals surface area (Å²) >= 11 is 6.08. The third kappa shape index (κ3) is 3.46. The van der Waals surface area contributed by atoms with Crippen molar-refractivity contribution in [2.24, 2.45) is 5.92 Å². The molecule has 0 spiro atoms. The Morgan fingerprint density at radius 2 is 1.64 bits per heavy atom. The van der Waals surface area contributed by atoms with Gasteiger partial charge in [-0.25, -0.2) is 0 Å². The zero-order valence-electron chi connectivity index (χ0n) is 7.48. The first-order chi connectivity index (χ1) is 5.33. The van der Waals surface area contributed by atoms with Crippen molar-refractivity contribution in [3.8, 4) is 0 Å². The molecule has 0 radical (unpaired) electrons. The van der Waals surface area contributed by atoms with Crippen LogP contribution in [0.15, 0.2) is 0 Å². The van der Waals surface area contributed by atoms with Gasteiger partial charge in [-0.15, -0.1) is 11.6 Å². The molecule has 1 aliphatic rings. The molecule has 0 N–H and O–H groups in total. The van der Waals surface area contributed by atoms with Crippen LogP contribution in [0.2, 0.25) is 0 Å². The SMILES string of the molecule is CCC1CCCC(Cl)CCC1. The van der Waals surface area contributed by atoms with Crippen LogP contribution in [0.25, 0.3) is 0 Å². The number of halogens is 1. The smallest absolute Gasteiger partial charge is 0.0336 e. The predicted octanol–water partition coefficient (Wildman–Crippen LogP) is 3.97. The summed E-state index contributed by atoms with van der Waals surface area (Å²) in [5, 5.41) is 0.479. The summed E-state index contributed by atoms with van der Waals surface area (Å²) in [7, 11) is 0. The molecule has 0 aromatic rings. The molecule has 66 valence electrons. The van der Waals surface area contributed by atoms with Gasteiger partial charge in [0.2, 0.25) is 0 Å². The average Bonchev–Trinajstić information content (AvgIpc) is 1.96. The maximum atomic E-state index is 6.08. The monoisotopic (exact) mass is 174 g/mol. The van der Waals surface area contributed by atoms with Gasteiger partial charge in [0.1, 0.15) is 0 Å². The summed E-state index contributed by atoms with van der Waals surface area (Å²) in [5.74, 6) is 0.999. The highest BCUT2D eigenvalue weighted by Crippen LogP contribution is 2.26. The van der Waals surface area contributed by atoms with Gasteiger partial charge in [-0.2, -0.15) is 0 Å². The standard InChI is InChI=1S/C10H19Cl/c1-2-9-5-3-7-10(11)8-4-6-9/h9-10H,2-8H2,1H3. The zero-order chi connectivity index (χ0) is 8.10. The van der Waals surface area contributed by atoms with Crippen molar-refractivity contribution >= 4 is 11.6 Å². The minimum Gasteiger partial charge on any atom is -0.123 e. The Hall–Kier alpha value is 0.290. The molecule has 0 aromatic carbocycles. The van der Waals surface area contributed by atoms with Gasteiger partial charge in [-0.3, -0.25) is 0 Å². The molecule has 0 bridgehead atoms. The highest BCUT2D eigenvalue weighted by Gasteiger charge is 2.13. The maximum Gasteiger partial charge on any atom is 0.0336 e. The second-order valence-corrected chi connectivity index (χ2v) is 4.35. The zero-order valence-corrected chi connectivity index (χ0v) is 8.24. The largest absolute Gasteiger partial charge is 0.123 e. The Morgan fingerprint density at radius 3 is 2.09 bits per heavy atom. The summed E-state index contributed by atoms with van der Waals surface area (Å²) in [6.45, 7) is 2.31. The van der Waals surface area contributed by atoms with Crippen LogP contribution in [0, 0.1) is 5.92 Å². The Labute approximate surface area is 75.3 Å². The molecular formula is C10H19Cl. The molecule has 1 saturated carbocycles. The van der Waals surface area contributed by atoms with Gasteiger partial charge >= 0.3 is 0 Å². The van der Waals surface area contributed by atoms with Crippen LogP contribution in [-0.2, 0) is 0 Å². The number of hydrogen-bond acceptors (Lipinski definition) is 0. The lowest BCUT2D eigenvalue weighted by molar-refractivity contribution is 0.372. The molecule has 0 amide bonds. The van der Waals surface area contributed by atoms with Gasteiger partial charge in [-0.1, -0.05) is 39.0 Å². The van der Waals surface area contributed by atoms with E-state index in [0.717, 1.165) is 5.92 Å². The topological polar surface area (TPSA) is 0 Å². The van der Waals surface area contributed by atoms with Crippen molar-refractivity contribution in [2.45, 2.75) is 57.2 Å². The van der Waals surface area contributed by atoms with Crippen LogP contribution < -0.4 is 0 Å². The third-order valence-electron chi connectivity index (χ3n) is 2.84. The van der Waals surface area contributed by atoms with Crippen molar-refractivity contribution in [3.05, 3.63) is 0 Å². The Bertz CT molecular complexity index is 91.0. The second kappa shape index (κ2) is 5.03. The van der Waals surface area contributed by atoms with Gasteiger partial charge in [0.05, 0.1) is 0 Å². The first-order valence-electron chi connectivity index (χ1n) is 4.97. The minimum atomic E-state index is 0.479. The number of alkyl halides is 1. The van der Waals surface area contributed by atoms with Crippen molar-refractivity contribution in [2.75, 3.05) is 0 Å². The summed E-state index contributed by atoms with van der Waals surface area (Å²) in [4.78, 5) is 0. The quantitative estimate of drug-likeness (QED) is 0.528. The summed E-state index contributed by atoms with van der Waals surface area (Å²) in [6.07, 6.45) is 9.40. The van der Waals surface area contributed by atoms with Crippen LogP contribution >= 0.6 is 11.6 Å². The highest BCUT2D eigenvalue weighted by molar-refractivity contribution is 6.20. The Balaban J connectivity index is 2.22. The lowest BCUT2D eigenvalue weighted by Gasteiger charge is -2.20. The van der Waals surface area contributed by atoms with Crippen molar-refractivity contribution < 1.29 is 0 Å². The van der Waals surface area contributed by atoms with Gasteiger partial charge in [0.25, 0.3) is 0 Å². The normalized spacial score (nSPS) is 34.4. The molecule has 0 saturated heterocycles. The van der Waals surface area contributed by atoms with Crippen molar-refractivity contribution in [3.63, 3.8) is 0 Å². The predicted molar refractivity (Wildman–Crippen MR) is 51.1 cm³/mol. The van der Waals surface area contributed by atoms with E-state index in [9.17, 15) is 0 Å². The van der Waals surface area contributed by atoms with Crippen LogP contribution in [0.4, 0.5) is 0 Å². The molecule has 0 aromatic heterocycles. The van der Waals surface area contributed by atoms with E-state index in [-0.39, 0.29) is 0 Å². The summed E-state index contributed by atoms with van der Waals surface area (Å²) in [6, 6.07) is 0. The van der Waals surface area contributed by atoms with E-state index in [0.29, 0.717) is 5.38 Å². The molecule has 0 atom stereocenters. The Morgan fingerprint density at radius 1 is 1.09 bits per heavy atom. The van der Waals surface area contributed by atoms with E-state index in [1.807, 2.05) is 0 Å². The molecule has 1 heteroatoms. The highest BCUT2D eigenvalue weighted by atomic mass is 35.5. The third-order valence-corrected chi connectivity index (χ3v) is 3.27. The van der Waals surface area contributed by atoms with Gasteiger partial charge in [0.15, 0.2) is 0 Å². The van der Waals surface area contributed by atoms with E-state index in [2.05, 4.69) is 6.92 Å². The second-order valence-electron chi connectivity index (χ2n) is 3.73. The van der Waals surface area contributed by atoms with E-state index in [1.54, 1.807) is 0 Å². The van der Waals surface area contributed by atoms with Crippen LogP contribution in [-0.4, -0.2) is 5.38 Å². The summed E-state index contributed by atoms with van der Waals surface area (Å²) in [5.41, 5.74) is 0. The average molecular weight is 175 g/mol. The molecule has 0 unspecified atom stereocenters. The van der Waals surface area contributed by atoms with E-state index in [4.69, 9.17) is 11.6 Å². The van der Waals surface area contributed by atoms with E-state index in [1.165, 1.54) is 44.9 Å². The number of rotatable bonds is 1. The lowest BCUT2D eigenvalue weighted by atomic mass is 9.89. The fourth-order valence-corrected chi connectivity index (χ4v) is 2.26. The number of hydrogen-bond donors (Lipinski definition) is 0. The molecule has 0 heterocycles. The van der Waals surface area contributed by atoms with Gasteiger partial charge < -0.3 is 0 Å². The fraction of sp³-hybridized carbons (Fsp3) is 1.00. The van der Waals surface area contributed by atoms with Crippen LogP contribution in [0.1, 0.15) is 51.9 Å². The van der Waals surface area contributed by atoms with Crippen molar-refractivity contribution in [1.82, 2.24) is 0 Å². The molecule has 0 nitrogen and oxygen atoms in total. The fourth-order valence-electron chi connectivity index (χ4n) is 1.95. The van der Waals surface area contributed by atoms with Crippen LogP contribution in [0.5, 0.6) is 0 Å². The minimum absolute atomic E-state index is 0.479. The van der Waals surface area contributed by atoms with Gasteiger partial charge in [-0.05, 0) is 18.8 Å². The molecule has 1 fully saturated rings. The van der Waals surface area contributed by atoms with E-state index >= 15 is 0 Å². The maximum absolute atomic E-state index is 6.08. The first kappa shape index (κ1) is 9.38. The molecule has 1 aliphatic carbocycles. The summed E-state index contributed by atoms with van der Waals surface area (Å²) < 4.78 is 0. The van der Waals surface area contributed by atoms with E-state index < -0.39 is 0 Å². The molecule has 11 heavy (non-hydrogen) atoms. The molecular weight excluding hydrogens is 156 g/mol. The first-order valence-corrected chi connectivity index (χ1v) is 5.40. The lowest BCUT2D eigenvalue weighted by Crippen LogP contribution is -2.08. The molecule has 1 rings (SSSR count). The van der Waals surface area contributed by atoms with Crippen LogP contribution in [0.3, 0.4) is 0 Å². The van der Waals surface area contributed by atoms with Crippen molar-refractivity contribution in [1.29, 1.82) is 0 Å².